The number of nitrogen functional groups attached to an aromatic ring is 1. The summed E-state index contributed by atoms with van der Waals surface area (Å²) in [4.78, 5) is 12.2. The van der Waals surface area contributed by atoms with Gasteiger partial charge in [0, 0.05) is 5.69 Å². The van der Waals surface area contributed by atoms with Gasteiger partial charge in [0.1, 0.15) is 5.82 Å². The number of nitrogens with one attached hydrogen (secondary N) is 1. The first-order valence-corrected chi connectivity index (χ1v) is 6.50. The van der Waals surface area contributed by atoms with Crippen molar-refractivity contribution in [2.24, 2.45) is 0 Å². The number of aliphatic hydroxyl groups excluding tert-OH is 1. The molecule has 0 aliphatic carbocycles. The lowest BCUT2D eigenvalue weighted by Gasteiger charge is -2.29. The number of carbonyl (C=O) groups excluding carboxylic acids is 1. The fourth-order valence-corrected chi connectivity index (χ4v) is 2.04. The van der Waals surface area contributed by atoms with Gasteiger partial charge in [-0.1, -0.05) is 30.3 Å². The second kappa shape index (κ2) is 5.93. The lowest BCUT2D eigenvalue weighted by Crippen LogP contribution is -2.46. The van der Waals surface area contributed by atoms with E-state index in [1.54, 1.807) is 31.2 Å². The zero-order chi connectivity index (χ0) is 15.5. The van der Waals surface area contributed by atoms with Crippen LogP contribution in [0.25, 0.3) is 0 Å². The van der Waals surface area contributed by atoms with Gasteiger partial charge in [0.2, 0.25) is 0 Å². The number of hydrogen-bond donors (Lipinski definition) is 3. The molecule has 1 unspecified atom stereocenters. The highest BCUT2D eigenvalue weighted by molar-refractivity contribution is 5.95. The van der Waals surface area contributed by atoms with Crippen LogP contribution in [0.3, 0.4) is 0 Å². The number of rotatable bonds is 4. The molecule has 1 atom stereocenters. The zero-order valence-corrected chi connectivity index (χ0v) is 11.6. The van der Waals surface area contributed by atoms with Gasteiger partial charge in [-0.3, -0.25) is 4.79 Å². The van der Waals surface area contributed by atoms with Crippen molar-refractivity contribution in [1.29, 1.82) is 0 Å². The summed E-state index contributed by atoms with van der Waals surface area (Å²) < 4.78 is 13.7. The molecule has 110 valence electrons. The molecule has 0 saturated heterocycles. The number of halogens is 1. The molecule has 0 fully saturated rings. The van der Waals surface area contributed by atoms with Crippen molar-refractivity contribution in [2.45, 2.75) is 12.5 Å². The van der Waals surface area contributed by atoms with Crippen LogP contribution in [-0.4, -0.2) is 17.6 Å². The molecule has 1 amide bonds. The summed E-state index contributed by atoms with van der Waals surface area (Å²) in [5.74, 6) is -1.28. The standard InChI is InChI=1S/C16H17FN2O2/c1-16(10-20,11-5-3-2-4-6-11)19-15(21)13-9-12(18)7-8-14(13)17/h2-9,20H,10,18H2,1H3,(H,19,21). The van der Waals surface area contributed by atoms with E-state index in [0.29, 0.717) is 5.69 Å². The molecule has 0 bridgehead atoms. The van der Waals surface area contributed by atoms with Gasteiger partial charge in [-0.25, -0.2) is 4.39 Å². The van der Waals surface area contributed by atoms with Crippen molar-refractivity contribution in [1.82, 2.24) is 5.32 Å². The molecule has 5 heteroatoms. The normalized spacial score (nSPS) is 13.5. The Morgan fingerprint density at radius 2 is 1.95 bits per heavy atom. The van der Waals surface area contributed by atoms with Crippen LogP contribution in [0.15, 0.2) is 48.5 Å². The van der Waals surface area contributed by atoms with Gasteiger partial charge in [0.15, 0.2) is 0 Å². The second-order valence-electron chi connectivity index (χ2n) is 5.05. The van der Waals surface area contributed by atoms with E-state index in [1.807, 2.05) is 6.07 Å². The van der Waals surface area contributed by atoms with Crippen molar-refractivity contribution in [3.63, 3.8) is 0 Å². The van der Waals surface area contributed by atoms with Crippen LogP contribution in [0.2, 0.25) is 0 Å². The minimum Gasteiger partial charge on any atom is -0.399 e. The zero-order valence-electron chi connectivity index (χ0n) is 11.6. The van der Waals surface area contributed by atoms with Gasteiger partial charge in [-0.15, -0.1) is 0 Å². The maximum Gasteiger partial charge on any atom is 0.255 e. The highest BCUT2D eigenvalue weighted by Gasteiger charge is 2.29. The maximum atomic E-state index is 13.7. The van der Waals surface area contributed by atoms with E-state index in [-0.39, 0.29) is 12.2 Å². The topological polar surface area (TPSA) is 75.3 Å². The summed E-state index contributed by atoms with van der Waals surface area (Å²) in [5.41, 5.74) is 5.45. The molecule has 2 aromatic rings. The molecule has 0 aliphatic heterocycles. The number of carbonyl (C=O) groups is 1. The number of aliphatic hydroxyl groups is 1. The van der Waals surface area contributed by atoms with Gasteiger partial charge in [-0.2, -0.15) is 0 Å². The van der Waals surface area contributed by atoms with Gasteiger partial charge in [0.05, 0.1) is 17.7 Å². The van der Waals surface area contributed by atoms with E-state index < -0.39 is 17.3 Å². The highest BCUT2D eigenvalue weighted by Crippen LogP contribution is 2.21. The minimum atomic E-state index is -1.00. The molecule has 2 aromatic carbocycles. The fraction of sp³-hybridized carbons (Fsp3) is 0.188. The van der Waals surface area contributed by atoms with E-state index >= 15 is 0 Å². The molecule has 0 radical (unpaired) electrons. The third kappa shape index (κ3) is 3.20. The van der Waals surface area contributed by atoms with E-state index in [4.69, 9.17) is 5.73 Å². The predicted octanol–water partition coefficient (Wildman–Crippen LogP) is 2.05. The van der Waals surface area contributed by atoms with Crippen molar-refractivity contribution in [3.05, 3.63) is 65.5 Å². The number of nitrogens with two attached hydrogens (primary N) is 1. The summed E-state index contributed by atoms with van der Waals surface area (Å²) in [6, 6.07) is 12.8. The first kappa shape index (κ1) is 15.0. The van der Waals surface area contributed by atoms with E-state index in [1.165, 1.54) is 12.1 Å². The van der Waals surface area contributed by atoms with Crippen LogP contribution < -0.4 is 11.1 Å². The molecule has 2 rings (SSSR count). The Hall–Kier alpha value is -2.40. The number of anilines is 1. The first-order chi connectivity index (χ1) is 9.96. The summed E-state index contributed by atoms with van der Waals surface area (Å²) >= 11 is 0. The van der Waals surface area contributed by atoms with Crippen LogP contribution in [0.4, 0.5) is 10.1 Å². The summed E-state index contributed by atoms with van der Waals surface area (Å²) in [5, 5.41) is 12.3. The van der Waals surface area contributed by atoms with E-state index in [2.05, 4.69) is 5.32 Å². The molecular formula is C16H17FN2O2. The number of hydrogen-bond acceptors (Lipinski definition) is 3. The average Bonchev–Trinajstić information content (AvgIpc) is 2.50. The van der Waals surface area contributed by atoms with Crippen molar-refractivity contribution >= 4 is 11.6 Å². The van der Waals surface area contributed by atoms with Crippen LogP contribution in [-0.2, 0) is 5.54 Å². The van der Waals surface area contributed by atoms with Crippen LogP contribution in [0.5, 0.6) is 0 Å². The molecule has 0 saturated carbocycles. The second-order valence-corrected chi connectivity index (χ2v) is 5.05. The summed E-state index contributed by atoms with van der Waals surface area (Å²) in [7, 11) is 0. The Bertz CT molecular complexity index is 646. The SMILES string of the molecule is CC(CO)(NC(=O)c1cc(N)ccc1F)c1ccccc1. The Balaban J connectivity index is 2.30. The lowest BCUT2D eigenvalue weighted by molar-refractivity contribution is 0.0845. The molecule has 0 spiro atoms. The quantitative estimate of drug-likeness (QED) is 0.754. The molecule has 0 aromatic heterocycles. The van der Waals surface area contributed by atoms with E-state index in [9.17, 15) is 14.3 Å². The molecule has 4 nitrogen and oxygen atoms in total. The molecule has 0 heterocycles. The fourth-order valence-electron chi connectivity index (χ4n) is 2.04. The van der Waals surface area contributed by atoms with Gasteiger partial charge in [-0.05, 0) is 30.7 Å². The summed E-state index contributed by atoms with van der Waals surface area (Å²) in [6.45, 7) is 1.36. The Labute approximate surface area is 122 Å². The monoisotopic (exact) mass is 288 g/mol. The molecular weight excluding hydrogens is 271 g/mol. The van der Waals surface area contributed by atoms with Crippen molar-refractivity contribution in [2.75, 3.05) is 12.3 Å². The third-order valence-electron chi connectivity index (χ3n) is 3.35. The van der Waals surface area contributed by atoms with E-state index in [0.717, 1.165) is 11.6 Å². The summed E-state index contributed by atoms with van der Waals surface area (Å²) in [6.07, 6.45) is 0. The number of benzene rings is 2. The van der Waals surface area contributed by atoms with Crippen LogP contribution in [0.1, 0.15) is 22.8 Å². The van der Waals surface area contributed by atoms with Gasteiger partial charge in [0.25, 0.3) is 5.91 Å². The smallest absolute Gasteiger partial charge is 0.255 e. The minimum absolute atomic E-state index is 0.148. The first-order valence-electron chi connectivity index (χ1n) is 6.50. The molecule has 0 aliphatic rings. The predicted molar refractivity (Wildman–Crippen MR) is 79.2 cm³/mol. The highest BCUT2D eigenvalue weighted by atomic mass is 19.1. The van der Waals surface area contributed by atoms with Crippen LogP contribution in [0, 0.1) is 5.82 Å². The maximum absolute atomic E-state index is 13.7. The Morgan fingerprint density at radius 1 is 1.29 bits per heavy atom. The Kier molecular flexibility index (Phi) is 4.23. The van der Waals surface area contributed by atoms with Gasteiger partial charge < -0.3 is 16.2 Å². The van der Waals surface area contributed by atoms with Crippen molar-refractivity contribution in [3.8, 4) is 0 Å². The average molecular weight is 288 g/mol. The molecule has 21 heavy (non-hydrogen) atoms. The largest absolute Gasteiger partial charge is 0.399 e. The van der Waals surface area contributed by atoms with Crippen molar-refractivity contribution < 1.29 is 14.3 Å². The lowest BCUT2D eigenvalue weighted by atomic mass is 9.92. The third-order valence-corrected chi connectivity index (χ3v) is 3.35. The van der Waals surface area contributed by atoms with Crippen LogP contribution >= 0.6 is 0 Å². The Morgan fingerprint density at radius 3 is 2.57 bits per heavy atom. The van der Waals surface area contributed by atoms with Gasteiger partial charge >= 0.3 is 0 Å². The molecule has 4 N–H and O–H groups in total. The number of amides is 1.